The van der Waals surface area contributed by atoms with E-state index in [1.807, 2.05) is 25.1 Å². The highest BCUT2D eigenvalue weighted by atomic mass is 16.5. The van der Waals surface area contributed by atoms with Gasteiger partial charge in [-0.15, -0.1) is 0 Å². The van der Waals surface area contributed by atoms with Crippen LogP contribution in [-0.2, 0) is 9.53 Å². The van der Waals surface area contributed by atoms with E-state index in [-0.39, 0.29) is 12.5 Å². The third kappa shape index (κ3) is 5.87. The molecule has 1 amide bonds. The van der Waals surface area contributed by atoms with Crippen LogP contribution in [0.15, 0.2) is 18.2 Å². The van der Waals surface area contributed by atoms with Gasteiger partial charge in [-0.1, -0.05) is 17.9 Å². The Morgan fingerprint density at radius 2 is 2.25 bits per heavy atom. The lowest BCUT2D eigenvalue weighted by Crippen LogP contribution is -2.13. The van der Waals surface area contributed by atoms with E-state index in [2.05, 4.69) is 17.2 Å². The van der Waals surface area contributed by atoms with Crippen molar-refractivity contribution in [2.24, 2.45) is 0 Å². The van der Waals surface area contributed by atoms with Crippen LogP contribution < -0.4 is 5.32 Å². The largest absolute Gasteiger partial charge is 0.395 e. The molecule has 0 fully saturated rings. The minimum Gasteiger partial charge on any atom is -0.395 e. The number of aliphatic hydroxyl groups is 1. The number of amides is 1. The van der Waals surface area contributed by atoms with Crippen LogP contribution in [0.25, 0.3) is 0 Å². The first-order valence-electron chi connectivity index (χ1n) is 6.66. The monoisotopic (exact) mass is 275 g/mol. The van der Waals surface area contributed by atoms with Gasteiger partial charge in [-0.05, 0) is 31.0 Å². The molecule has 0 heterocycles. The maximum atomic E-state index is 11.8. The molecule has 1 rings (SSSR count). The molecule has 0 unspecified atom stereocenters. The van der Waals surface area contributed by atoms with Crippen molar-refractivity contribution in [1.82, 2.24) is 0 Å². The minimum absolute atomic E-state index is 0.0393. The lowest BCUT2D eigenvalue weighted by atomic mass is 10.1. The van der Waals surface area contributed by atoms with Gasteiger partial charge in [-0.25, -0.2) is 0 Å². The summed E-state index contributed by atoms with van der Waals surface area (Å²) in [6.45, 7) is 2.58. The molecule has 0 bridgehead atoms. The molecule has 108 valence electrons. The molecular formula is C16H21NO3. The van der Waals surface area contributed by atoms with E-state index in [0.29, 0.717) is 25.9 Å². The first-order valence-corrected chi connectivity index (χ1v) is 6.66. The molecule has 0 saturated carbocycles. The van der Waals surface area contributed by atoms with Gasteiger partial charge in [0.25, 0.3) is 0 Å². The minimum atomic E-state index is -0.0436. The molecule has 0 atom stereocenters. The molecule has 0 radical (unpaired) electrons. The summed E-state index contributed by atoms with van der Waals surface area (Å²) in [5.74, 6) is 5.79. The molecule has 1 aromatic carbocycles. The van der Waals surface area contributed by atoms with Crippen molar-refractivity contribution in [3.8, 4) is 11.8 Å². The van der Waals surface area contributed by atoms with E-state index in [1.165, 1.54) is 0 Å². The Morgan fingerprint density at radius 1 is 1.45 bits per heavy atom. The standard InChI is InChI=1S/C16H21NO3/c1-13-8-9-14(6-3-4-10-18)15(12-13)17-16(19)7-5-11-20-2/h8-9,12,18H,4-5,7,10-11H2,1-2H3,(H,17,19). The lowest BCUT2D eigenvalue weighted by molar-refractivity contribution is -0.116. The maximum Gasteiger partial charge on any atom is 0.224 e. The zero-order chi connectivity index (χ0) is 14.8. The third-order valence-electron chi connectivity index (χ3n) is 2.66. The van der Waals surface area contributed by atoms with Gasteiger partial charge >= 0.3 is 0 Å². The Labute approximate surface area is 120 Å². The van der Waals surface area contributed by atoms with Crippen molar-refractivity contribution < 1.29 is 14.6 Å². The molecule has 0 aliphatic heterocycles. The normalized spacial score (nSPS) is 9.75. The summed E-state index contributed by atoms with van der Waals surface area (Å²) in [5, 5.41) is 11.6. The highest BCUT2D eigenvalue weighted by molar-refractivity contribution is 5.92. The van der Waals surface area contributed by atoms with Gasteiger partial charge in [0.2, 0.25) is 5.91 Å². The molecule has 0 spiro atoms. The molecule has 0 aliphatic carbocycles. The van der Waals surface area contributed by atoms with Crippen molar-refractivity contribution in [1.29, 1.82) is 0 Å². The summed E-state index contributed by atoms with van der Waals surface area (Å²) < 4.78 is 4.92. The Bertz CT molecular complexity index is 500. The van der Waals surface area contributed by atoms with E-state index in [9.17, 15) is 4.79 Å². The van der Waals surface area contributed by atoms with Crippen LogP contribution in [0.4, 0.5) is 5.69 Å². The van der Waals surface area contributed by atoms with Crippen LogP contribution in [0.5, 0.6) is 0 Å². The van der Waals surface area contributed by atoms with E-state index >= 15 is 0 Å². The molecule has 0 aliphatic rings. The number of hydrogen-bond donors (Lipinski definition) is 2. The number of methoxy groups -OCH3 is 1. The summed E-state index contributed by atoms with van der Waals surface area (Å²) in [7, 11) is 1.62. The van der Waals surface area contributed by atoms with Gasteiger partial charge in [0.1, 0.15) is 0 Å². The second-order valence-electron chi connectivity index (χ2n) is 4.47. The van der Waals surface area contributed by atoms with E-state index < -0.39 is 0 Å². The molecule has 2 N–H and O–H groups in total. The van der Waals surface area contributed by atoms with Crippen molar-refractivity contribution in [2.75, 3.05) is 25.6 Å². The quantitative estimate of drug-likeness (QED) is 0.617. The summed E-state index contributed by atoms with van der Waals surface area (Å²) in [4.78, 5) is 11.8. The fourth-order valence-electron chi connectivity index (χ4n) is 1.67. The number of aliphatic hydroxyl groups excluding tert-OH is 1. The van der Waals surface area contributed by atoms with Crippen LogP contribution in [0, 0.1) is 18.8 Å². The fourth-order valence-corrected chi connectivity index (χ4v) is 1.67. The lowest BCUT2D eigenvalue weighted by Gasteiger charge is -2.08. The summed E-state index contributed by atoms with van der Waals surface area (Å²) >= 11 is 0. The first kappa shape index (κ1) is 16.2. The molecule has 4 nitrogen and oxygen atoms in total. The zero-order valence-electron chi connectivity index (χ0n) is 12.0. The second-order valence-corrected chi connectivity index (χ2v) is 4.47. The Morgan fingerprint density at radius 3 is 2.95 bits per heavy atom. The number of ether oxygens (including phenoxy) is 1. The van der Waals surface area contributed by atoms with Gasteiger partial charge in [0.15, 0.2) is 0 Å². The number of hydrogen-bond acceptors (Lipinski definition) is 3. The number of anilines is 1. The van der Waals surface area contributed by atoms with Gasteiger partial charge < -0.3 is 15.2 Å². The van der Waals surface area contributed by atoms with Gasteiger partial charge in [0.05, 0.1) is 12.3 Å². The molecule has 20 heavy (non-hydrogen) atoms. The summed E-state index contributed by atoms with van der Waals surface area (Å²) in [6.07, 6.45) is 1.54. The van der Waals surface area contributed by atoms with Crippen molar-refractivity contribution in [2.45, 2.75) is 26.2 Å². The zero-order valence-corrected chi connectivity index (χ0v) is 12.0. The molecule has 0 aromatic heterocycles. The molecule has 1 aromatic rings. The van der Waals surface area contributed by atoms with E-state index in [0.717, 1.165) is 16.8 Å². The fraction of sp³-hybridized carbons (Fsp3) is 0.438. The van der Waals surface area contributed by atoms with Crippen LogP contribution in [0.2, 0.25) is 0 Å². The number of nitrogens with one attached hydrogen (secondary N) is 1. The predicted molar refractivity (Wildman–Crippen MR) is 79.5 cm³/mol. The average Bonchev–Trinajstić information content (AvgIpc) is 2.42. The van der Waals surface area contributed by atoms with Crippen molar-refractivity contribution in [3.05, 3.63) is 29.3 Å². The molecular weight excluding hydrogens is 254 g/mol. The number of carbonyl (C=O) groups excluding carboxylic acids is 1. The highest BCUT2D eigenvalue weighted by Gasteiger charge is 2.06. The van der Waals surface area contributed by atoms with Crippen LogP contribution in [0.1, 0.15) is 30.4 Å². The first-order chi connectivity index (χ1) is 9.67. The van der Waals surface area contributed by atoms with Gasteiger partial charge in [-0.3, -0.25) is 4.79 Å². The number of aryl methyl sites for hydroxylation is 1. The van der Waals surface area contributed by atoms with Crippen LogP contribution in [0.3, 0.4) is 0 Å². The van der Waals surface area contributed by atoms with Crippen molar-refractivity contribution >= 4 is 11.6 Å². The van der Waals surface area contributed by atoms with E-state index in [4.69, 9.17) is 9.84 Å². The van der Waals surface area contributed by atoms with Crippen molar-refractivity contribution in [3.63, 3.8) is 0 Å². The van der Waals surface area contributed by atoms with Crippen LogP contribution in [-0.4, -0.2) is 31.3 Å². The average molecular weight is 275 g/mol. The van der Waals surface area contributed by atoms with E-state index in [1.54, 1.807) is 7.11 Å². The Balaban J connectivity index is 2.74. The topological polar surface area (TPSA) is 58.6 Å². The number of carbonyl (C=O) groups is 1. The Hall–Kier alpha value is -1.83. The van der Waals surface area contributed by atoms with Gasteiger partial charge in [-0.2, -0.15) is 0 Å². The SMILES string of the molecule is COCCCC(=O)Nc1cc(C)ccc1C#CCCO. The summed E-state index contributed by atoms with van der Waals surface area (Å²) in [5.41, 5.74) is 2.55. The molecule has 4 heteroatoms. The smallest absolute Gasteiger partial charge is 0.224 e. The van der Waals surface area contributed by atoms with Gasteiger partial charge in [0, 0.05) is 32.1 Å². The Kier molecular flexibility index (Phi) is 7.41. The highest BCUT2D eigenvalue weighted by Crippen LogP contribution is 2.17. The number of benzene rings is 1. The second kappa shape index (κ2) is 9.13. The predicted octanol–water partition coefficient (Wildman–Crippen LogP) is 2.09. The maximum absolute atomic E-state index is 11.8. The van der Waals surface area contributed by atoms with Crippen LogP contribution >= 0.6 is 0 Å². The molecule has 0 saturated heterocycles. The number of rotatable bonds is 6. The summed E-state index contributed by atoms with van der Waals surface area (Å²) in [6, 6.07) is 5.73. The third-order valence-corrected chi connectivity index (χ3v) is 2.66.